The Hall–Kier alpha value is -1.52. The Morgan fingerprint density at radius 2 is 1.67 bits per heavy atom. The lowest BCUT2D eigenvalue weighted by Crippen LogP contribution is -2.21. The smallest absolute Gasteiger partial charge is 0.195 e. The van der Waals surface area contributed by atoms with Gasteiger partial charge in [0.2, 0.25) is 0 Å². The van der Waals surface area contributed by atoms with Crippen LogP contribution < -0.4 is 5.32 Å². The van der Waals surface area contributed by atoms with Gasteiger partial charge in [-0.05, 0) is 23.8 Å². The van der Waals surface area contributed by atoms with Gasteiger partial charge in [0.15, 0.2) is 17.5 Å². The van der Waals surface area contributed by atoms with Crippen molar-refractivity contribution in [1.29, 1.82) is 0 Å². The van der Waals surface area contributed by atoms with Gasteiger partial charge in [0, 0.05) is 28.7 Å². The molecule has 21 heavy (non-hydrogen) atoms. The van der Waals surface area contributed by atoms with Gasteiger partial charge in [-0.2, -0.15) is 0 Å². The quantitative estimate of drug-likeness (QED) is 0.790. The molecule has 0 aliphatic carbocycles. The summed E-state index contributed by atoms with van der Waals surface area (Å²) in [6, 6.07) is 7.46. The number of nitrogens with one attached hydrogen (secondary N) is 1. The van der Waals surface area contributed by atoms with Gasteiger partial charge in [-0.3, -0.25) is 0 Å². The van der Waals surface area contributed by atoms with Crippen LogP contribution in [0, 0.1) is 17.5 Å². The number of hydrogen-bond donors (Lipinski definition) is 1. The van der Waals surface area contributed by atoms with E-state index in [-0.39, 0.29) is 5.56 Å². The molecule has 112 valence electrons. The summed E-state index contributed by atoms with van der Waals surface area (Å²) >= 11 is 6.13. The highest BCUT2D eigenvalue weighted by Crippen LogP contribution is 2.32. The third kappa shape index (κ3) is 3.57. The molecule has 0 amide bonds. The molecule has 0 radical (unpaired) electrons. The Morgan fingerprint density at radius 1 is 1.00 bits per heavy atom. The normalized spacial score (nSPS) is 11.2. The van der Waals surface area contributed by atoms with Crippen LogP contribution in [0.1, 0.15) is 19.4 Å². The number of benzene rings is 2. The maximum absolute atomic E-state index is 13.8. The third-order valence-corrected chi connectivity index (χ3v) is 3.39. The van der Waals surface area contributed by atoms with Gasteiger partial charge in [0.25, 0.3) is 0 Å². The molecular formula is C16H15ClF3N. The molecule has 1 N–H and O–H groups in total. The second kappa shape index (κ2) is 6.50. The molecular weight excluding hydrogens is 299 g/mol. The summed E-state index contributed by atoms with van der Waals surface area (Å²) in [4.78, 5) is 0. The lowest BCUT2D eigenvalue weighted by Gasteiger charge is -2.11. The lowest BCUT2D eigenvalue weighted by atomic mass is 10.0. The SMILES string of the molecule is CC(C)NCc1ccc(-c2ccc(F)c(F)c2F)c(Cl)c1. The molecule has 2 rings (SSSR count). The van der Waals surface area contributed by atoms with E-state index in [1.165, 1.54) is 6.07 Å². The molecule has 0 spiro atoms. The van der Waals surface area contributed by atoms with E-state index >= 15 is 0 Å². The zero-order valence-electron chi connectivity index (χ0n) is 11.7. The Labute approximate surface area is 126 Å². The Kier molecular flexibility index (Phi) is 4.91. The topological polar surface area (TPSA) is 12.0 Å². The maximum atomic E-state index is 13.8. The van der Waals surface area contributed by atoms with Gasteiger partial charge in [-0.1, -0.05) is 37.6 Å². The first-order valence-corrected chi connectivity index (χ1v) is 6.93. The van der Waals surface area contributed by atoms with Crippen LogP contribution in [0.15, 0.2) is 30.3 Å². The Morgan fingerprint density at radius 3 is 2.29 bits per heavy atom. The van der Waals surface area contributed by atoms with Gasteiger partial charge in [0.1, 0.15) is 0 Å². The van der Waals surface area contributed by atoms with Gasteiger partial charge in [-0.25, -0.2) is 13.2 Å². The number of halogens is 4. The predicted molar refractivity (Wildman–Crippen MR) is 78.7 cm³/mol. The fraction of sp³-hybridized carbons (Fsp3) is 0.250. The fourth-order valence-electron chi connectivity index (χ4n) is 1.94. The highest BCUT2D eigenvalue weighted by Gasteiger charge is 2.16. The minimum absolute atomic E-state index is 0.0535. The molecule has 0 aliphatic rings. The van der Waals surface area contributed by atoms with E-state index in [2.05, 4.69) is 5.32 Å². The van der Waals surface area contributed by atoms with Crippen LogP contribution in [0.5, 0.6) is 0 Å². The molecule has 0 saturated heterocycles. The highest BCUT2D eigenvalue weighted by molar-refractivity contribution is 6.33. The van der Waals surface area contributed by atoms with Gasteiger partial charge < -0.3 is 5.32 Å². The van der Waals surface area contributed by atoms with Crippen molar-refractivity contribution in [3.05, 3.63) is 58.4 Å². The number of hydrogen-bond acceptors (Lipinski definition) is 1. The average Bonchev–Trinajstić information content (AvgIpc) is 2.44. The molecule has 0 aromatic heterocycles. The van der Waals surface area contributed by atoms with Crippen molar-refractivity contribution in [2.45, 2.75) is 26.4 Å². The molecule has 2 aromatic rings. The Bertz CT molecular complexity index is 656. The van der Waals surface area contributed by atoms with E-state index in [1.54, 1.807) is 18.2 Å². The third-order valence-electron chi connectivity index (χ3n) is 3.07. The van der Waals surface area contributed by atoms with E-state index in [9.17, 15) is 13.2 Å². The van der Waals surface area contributed by atoms with E-state index in [1.807, 2.05) is 13.8 Å². The van der Waals surface area contributed by atoms with E-state index in [4.69, 9.17) is 11.6 Å². The first kappa shape index (κ1) is 15.9. The van der Waals surface area contributed by atoms with Crippen molar-refractivity contribution < 1.29 is 13.2 Å². The molecule has 0 heterocycles. The van der Waals surface area contributed by atoms with Crippen molar-refractivity contribution >= 4 is 11.6 Å². The summed E-state index contributed by atoms with van der Waals surface area (Å²) in [5.41, 5.74) is 1.21. The molecule has 0 saturated carbocycles. The second-order valence-electron chi connectivity index (χ2n) is 5.07. The van der Waals surface area contributed by atoms with Gasteiger partial charge in [-0.15, -0.1) is 0 Å². The Balaban J connectivity index is 2.35. The molecule has 5 heteroatoms. The maximum Gasteiger partial charge on any atom is 0.195 e. The van der Waals surface area contributed by atoms with Crippen molar-refractivity contribution in [3.63, 3.8) is 0 Å². The molecule has 2 aromatic carbocycles. The second-order valence-corrected chi connectivity index (χ2v) is 5.48. The standard InChI is InChI=1S/C16H15ClF3N/c1-9(2)21-8-10-3-4-11(13(17)7-10)12-5-6-14(18)16(20)15(12)19/h3-7,9,21H,8H2,1-2H3. The monoisotopic (exact) mass is 313 g/mol. The molecule has 1 nitrogen and oxygen atoms in total. The fourth-order valence-corrected chi connectivity index (χ4v) is 2.25. The highest BCUT2D eigenvalue weighted by atomic mass is 35.5. The van der Waals surface area contributed by atoms with E-state index in [0.29, 0.717) is 23.2 Å². The van der Waals surface area contributed by atoms with Crippen molar-refractivity contribution in [2.75, 3.05) is 0 Å². The minimum atomic E-state index is -1.49. The van der Waals surface area contributed by atoms with E-state index < -0.39 is 17.5 Å². The molecule has 0 fully saturated rings. The van der Waals surface area contributed by atoms with Crippen LogP contribution >= 0.6 is 11.6 Å². The van der Waals surface area contributed by atoms with Crippen LogP contribution in [-0.2, 0) is 6.54 Å². The van der Waals surface area contributed by atoms with Crippen molar-refractivity contribution in [1.82, 2.24) is 5.32 Å². The lowest BCUT2D eigenvalue weighted by molar-refractivity contribution is 0.449. The summed E-state index contributed by atoms with van der Waals surface area (Å²) in [6.07, 6.45) is 0. The molecule has 0 unspecified atom stereocenters. The predicted octanol–water partition coefficient (Wildman–Crippen LogP) is 4.92. The summed E-state index contributed by atoms with van der Waals surface area (Å²) in [5, 5.41) is 3.53. The zero-order chi connectivity index (χ0) is 15.6. The zero-order valence-corrected chi connectivity index (χ0v) is 12.4. The minimum Gasteiger partial charge on any atom is -0.310 e. The first-order valence-electron chi connectivity index (χ1n) is 6.56. The van der Waals surface area contributed by atoms with Crippen molar-refractivity contribution in [2.24, 2.45) is 0 Å². The summed E-state index contributed by atoms with van der Waals surface area (Å²) < 4.78 is 40.1. The van der Waals surface area contributed by atoms with Crippen LogP contribution in [0.25, 0.3) is 11.1 Å². The van der Waals surface area contributed by atoms with Crippen LogP contribution in [-0.4, -0.2) is 6.04 Å². The average molecular weight is 314 g/mol. The largest absolute Gasteiger partial charge is 0.310 e. The van der Waals surface area contributed by atoms with Gasteiger partial charge >= 0.3 is 0 Å². The first-order chi connectivity index (χ1) is 9.90. The molecule has 0 aliphatic heterocycles. The summed E-state index contributed by atoms with van der Waals surface area (Å²) in [5.74, 6) is -3.94. The van der Waals surface area contributed by atoms with Crippen LogP contribution in [0.2, 0.25) is 5.02 Å². The van der Waals surface area contributed by atoms with E-state index in [0.717, 1.165) is 11.6 Å². The number of rotatable bonds is 4. The van der Waals surface area contributed by atoms with Crippen molar-refractivity contribution in [3.8, 4) is 11.1 Å². The van der Waals surface area contributed by atoms with Gasteiger partial charge in [0.05, 0.1) is 0 Å². The molecule has 0 atom stereocenters. The van der Waals surface area contributed by atoms with Crippen LogP contribution in [0.3, 0.4) is 0 Å². The van der Waals surface area contributed by atoms with Crippen LogP contribution in [0.4, 0.5) is 13.2 Å². The summed E-state index contributed by atoms with van der Waals surface area (Å²) in [7, 11) is 0. The summed E-state index contributed by atoms with van der Waals surface area (Å²) in [6.45, 7) is 4.66. The molecule has 0 bridgehead atoms.